The molecule has 3 rings (SSSR count). The van der Waals surface area contributed by atoms with E-state index in [4.69, 9.17) is 0 Å². The van der Waals surface area contributed by atoms with Gasteiger partial charge in [-0.3, -0.25) is 19.1 Å². The van der Waals surface area contributed by atoms with Gasteiger partial charge in [0, 0.05) is 24.4 Å². The largest absolute Gasteiger partial charge is 0.494 e. The number of carbonyl (C=O) groups is 1. The molecule has 27 heavy (non-hydrogen) atoms. The molecule has 1 aromatic heterocycles. The van der Waals surface area contributed by atoms with Crippen LogP contribution in [0.15, 0.2) is 56.1 Å². The molecule has 1 aromatic carbocycles. The lowest BCUT2D eigenvalue weighted by Crippen LogP contribution is -2.33. The summed E-state index contributed by atoms with van der Waals surface area (Å²) >= 11 is 3.37. The maximum atomic E-state index is 12.3. The number of aromatic hydroxyl groups is 1. The number of carbonyl (C=O) groups excluding carboxylic acids is 1. The Morgan fingerprint density at radius 3 is 2.67 bits per heavy atom. The molecule has 0 fully saturated rings. The van der Waals surface area contributed by atoms with Crippen LogP contribution in [0.3, 0.4) is 0 Å². The molecule has 1 aliphatic rings. The second-order valence-corrected chi connectivity index (χ2v) is 6.95. The zero-order valence-corrected chi connectivity index (χ0v) is 16.1. The van der Waals surface area contributed by atoms with E-state index in [1.165, 1.54) is 18.0 Å². The first-order valence-electron chi connectivity index (χ1n) is 8.13. The van der Waals surface area contributed by atoms with Crippen molar-refractivity contribution < 1.29 is 9.90 Å². The van der Waals surface area contributed by atoms with Gasteiger partial charge in [-0.15, -0.1) is 6.58 Å². The van der Waals surface area contributed by atoms with E-state index in [9.17, 15) is 19.5 Å². The molecule has 8 nitrogen and oxygen atoms in total. The Bertz CT molecular complexity index is 1050. The average Bonchev–Trinajstić information content (AvgIpc) is 3.04. The maximum Gasteiger partial charge on any atom is 0.331 e. The highest BCUT2D eigenvalue weighted by Crippen LogP contribution is 2.34. The number of nitrogens with zero attached hydrogens (tertiary/aromatic N) is 3. The van der Waals surface area contributed by atoms with Gasteiger partial charge >= 0.3 is 5.69 Å². The van der Waals surface area contributed by atoms with Gasteiger partial charge in [0.2, 0.25) is 11.8 Å². The van der Waals surface area contributed by atoms with Gasteiger partial charge in [0.25, 0.3) is 5.56 Å². The summed E-state index contributed by atoms with van der Waals surface area (Å²) < 4.78 is 1.88. The lowest BCUT2D eigenvalue weighted by molar-refractivity contribution is -0.130. The standard InChI is InChI=1S/C18H17BrN4O4/c1-3-8-22-17(26)15(16(25)20-18(22)27)13-9-14(23(21-13)10(2)24)11-4-6-12(19)7-5-11/h3-7,14,26H,1,8-9H2,2H3,(H,20,25,27). The van der Waals surface area contributed by atoms with E-state index >= 15 is 0 Å². The highest BCUT2D eigenvalue weighted by atomic mass is 79.9. The van der Waals surface area contributed by atoms with Crippen molar-refractivity contribution in [2.24, 2.45) is 5.10 Å². The molecule has 0 saturated heterocycles. The molecule has 0 bridgehead atoms. The fourth-order valence-electron chi connectivity index (χ4n) is 3.01. The number of aromatic amines is 1. The summed E-state index contributed by atoms with van der Waals surface area (Å²) in [6.45, 7) is 4.93. The van der Waals surface area contributed by atoms with E-state index in [1.54, 1.807) is 0 Å². The molecular formula is C18H17BrN4O4. The predicted molar refractivity (Wildman–Crippen MR) is 104 cm³/mol. The van der Waals surface area contributed by atoms with E-state index in [1.807, 2.05) is 24.3 Å². The van der Waals surface area contributed by atoms with E-state index in [0.717, 1.165) is 14.6 Å². The Kier molecular flexibility index (Phi) is 5.13. The van der Waals surface area contributed by atoms with Crippen molar-refractivity contribution in [1.29, 1.82) is 0 Å². The molecule has 1 amide bonds. The molecular weight excluding hydrogens is 416 g/mol. The maximum absolute atomic E-state index is 12.3. The Labute approximate surface area is 162 Å². The van der Waals surface area contributed by atoms with Crippen molar-refractivity contribution in [1.82, 2.24) is 14.6 Å². The van der Waals surface area contributed by atoms with Crippen molar-refractivity contribution in [3.05, 3.63) is 73.4 Å². The molecule has 1 aliphatic heterocycles. The number of aromatic nitrogens is 2. The minimum absolute atomic E-state index is 0.0221. The lowest BCUT2D eigenvalue weighted by Gasteiger charge is -2.20. The molecule has 2 heterocycles. The quantitative estimate of drug-likeness (QED) is 0.718. The summed E-state index contributed by atoms with van der Waals surface area (Å²) in [7, 11) is 0. The fourth-order valence-corrected chi connectivity index (χ4v) is 3.28. The zero-order chi connectivity index (χ0) is 19.7. The molecule has 2 aromatic rings. The Morgan fingerprint density at radius 2 is 2.07 bits per heavy atom. The van der Waals surface area contributed by atoms with E-state index in [-0.39, 0.29) is 30.1 Å². The van der Waals surface area contributed by atoms with Crippen LogP contribution in [0, 0.1) is 0 Å². The second kappa shape index (κ2) is 7.36. The van der Waals surface area contributed by atoms with Crippen LogP contribution in [-0.4, -0.2) is 31.3 Å². The van der Waals surface area contributed by atoms with Crippen LogP contribution in [0.4, 0.5) is 0 Å². The Balaban J connectivity index is 2.09. The average molecular weight is 433 g/mol. The number of hydrazone groups is 1. The third kappa shape index (κ3) is 3.50. The van der Waals surface area contributed by atoms with Gasteiger partial charge in [0.15, 0.2) is 0 Å². The summed E-state index contributed by atoms with van der Waals surface area (Å²) in [6, 6.07) is 6.99. The van der Waals surface area contributed by atoms with Gasteiger partial charge in [-0.1, -0.05) is 34.1 Å². The van der Waals surface area contributed by atoms with E-state index < -0.39 is 23.2 Å². The number of rotatable bonds is 4. The van der Waals surface area contributed by atoms with Gasteiger partial charge < -0.3 is 5.11 Å². The van der Waals surface area contributed by atoms with Crippen LogP contribution in [0.5, 0.6) is 5.88 Å². The number of hydrogen-bond donors (Lipinski definition) is 2. The number of halogens is 1. The second-order valence-electron chi connectivity index (χ2n) is 6.04. The number of amides is 1. The molecule has 0 saturated carbocycles. The van der Waals surface area contributed by atoms with Crippen LogP contribution < -0.4 is 11.2 Å². The normalized spacial score (nSPS) is 16.3. The van der Waals surface area contributed by atoms with Gasteiger partial charge in [-0.05, 0) is 17.7 Å². The van der Waals surface area contributed by atoms with Crippen molar-refractivity contribution in [3.63, 3.8) is 0 Å². The van der Waals surface area contributed by atoms with Gasteiger partial charge in [-0.2, -0.15) is 5.10 Å². The van der Waals surface area contributed by atoms with Gasteiger partial charge in [0.1, 0.15) is 5.56 Å². The summed E-state index contributed by atoms with van der Waals surface area (Å²) in [6.07, 6.45) is 1.65. The first kappa shape index (κ1) is 18.8. The molecule has 1 atom stereocenters. The number of H-pyrrole nitrogens is 1. The minimum Gasteiger partial charge on any atom is -0.494 e. The highest BCUT2D eigenvalue weighted by Gasteiger charge is 2.34. The monoisotopic (exact) mass is 432 g/mol. The topological polar surface area (TPSA) is 108 Å². The molecule has 0 spiro atoms. The van der Waals surface area contributed by atoms with Crippen molar-refractivity contribution >= 4 is 27.5 Å². The summed E-state index contributed by atoms with van der Waals surface area (Å²) in [5, 5.41) is 16.0. The molecule has 0 radical (unpaired) electrons. The van der Waals surface area contributed by atoms with Crippen LogP contribution in [0.2, 0.25) is 0 Å². The van der Waals surface area contributed by atoms with Gasteiger partial charge in [-0.25, -0.2) is 9.80 Å². The smallest absolute Gasteiger partial charge is 0.331 e. The Hall–Kier alpha value is -2.94. The first-order valence-corrected chi connectivity index (χ1v) is 8.93. The Morgan fingerprint density at radius 1 is 1.41 bits per heavy atom. The zero-order valence-electron chi connectivity index (χ0n) is 14.5. The SMILES string of the molecule is C=CCn1c(O)c(C2=NN(C(C)=O)C(c3ccc(Br)cc3)C2)c(=O)[nH]c1=O. The third-order valence-electron chi connectivity index (χ3n) is 4.26. The summed E-state index contributed by atoms with van der Waals surface area (Å²) in [5.41, 5.74) is -0.552. The first-order chi connectivity index (χ1) is 12.8. The summed E-state index contributed by atoms with van der Waals surface area (Å²) in [4.78, 5) is 38.5. The number of benzene rings is 1. The third-order valence-corrected chi connectivity index (χ3v) is 4.79. The molecule has 1 unspecified atom stereocenters. The molecule has 140 valence electrons. The number of hydrogen-bond acceptors (Lipinski definition) is 5. The molecule has 2 N–H and O–H groups in total. The van der Waals surface area contributed by atoms with Crippen LogP contribution in [0.25, 0.3) is 0 Å². The number of allylic oxidation sites excluding steroid dienone is 1. The van der Waals surface area contributed by atoms with Crippen molar-refractivity contribution in [2.45, 2.75) is 25.9 Å². The molecule has 9 heteroatoms. The summed E-state index contributed by atoms with van der Waals surface area (Å²) in [5.74, 6) is -0.796. The highest BCUT2D eigenvalue weighted by molar-refractivity contribution is 9.10. The van der Waals surface area contributed by atoms with Crippen molar-refractivity contribution in [2.75, 3.05) is 0 Å². The number of nitrogens with one attached hydrogen (secondary N) is 1. The van der Waals surface area contributed by atoms with Crippen LogP contribution in [-0.2, 0) is 11.3 Å². The van der Waals surface area contributed by atoms with Gasteiger partial charge in [0.05, 0.1) is 11.8 Å². The predicted octanol–water partition coefficient (Wildman–Crippen LogP) is 1.89. The molecule has 0 aliphatic carbocycles. The van der Waals surface area contributed by atoms with Crippen LogP contribution in [0.1, 0.15) is 30.5 Å². The van der Waals surface area contributed by atoms with Crippen LogP contribution >= 0.6 is 15.9 Å². The fraction of sp³-hybridized carbons (Fsp3) is 0.222. The lowest BCUT2D eigenvalue weighted by atomic mass is 9.99. The van der Waals surface area contributed by atoms with E-state index in [0.29, 0.717) is 0 Å². The van der Waals surface area contributed by atoms with Crippen molar-refractivity contribution in [3.8, 4) is 5.88 Å². The van der Waals surface area contributed by atoms with E-state index in [2.05, 4.69) is 32.6 Å². The minimum atomic E-state index is -0.753.